The molecule has 1 aromatic rings. The second kappa shape index (κ2) is 5.25. The lowest BCUT2D eigenvalue weighted by atomic mass is 10.3. The highest BCUT2D eigenvalue weighted by Crippen LogP contribution is 2.21. The van der Waals surface area contributed by atoms with E-state index in [1.54, 1.807) is 4.68 Å². The Balaban J connectivity index is 2.83. The monoisotopic (exact) mass is 231 g/mol. The highest BCUT2D eigenvalue weighted by atomic mass is 35.5. The number of nitrogens with zero attached hydrogens (tertiary/aromatic N) is 3. The zero-order chi connectivity index (χ0) is 11.4. The summed E-state index contributed by atoms with van der Waals surface area (Å²) in [6.45, 7) is 1.34. The molecular weight excluding hydrogens is 218 g/mol. The Kier molecular flexibility index (Phi) is 4.26. The van der Waals surface area contributed by atoms with E-state index in [0.29, 0.717) is 23.5 Å². The summed E-state index contributed by atoms with van der Waals surface area (Å²) in [5.74, 6) is 0. The van der Waals surface area contributed by atoms with E-state index in [1.807, 2.05) is 19.0 Å². The molecule has 0 aromatic carbocycles. The fraction of sp³-hybridized carbons (Fsp3) is 0.556. The van der Waals surface area contributed by atoms with Gasteiger partial charge in [0, 0.05) is 6.54 Å². The van der Waals surface area contributed by atoms with Crippen LogP contribution in [0.4, 0.5) is 0 Å². The summed E-state index contributed by atoms with van der Waals surface area (Å²) < 4.78 is 1.54. The number of aliphatic hydroxyl groups is 1. The minimum atomic E-state index is -1.21. The Hall–Kier alpha value is -0.910. The first-order valence-electron chi connectivity index (χ1n) is 4.55. The maximum Gasteiger partial charge on any atom is 0.154 e. The van der Waals surface area contributed by atoms with Crippen molar-refractivity contribution in [2.75, 3.05) is 20.6 Å². The molecule has 0 spiro atoms. The van der Waals surface area contributed by atoms with Crippen LogP contribution in [0.3, 0.4) is 0 Å². The van der Waals surface area contributed by atoms with Crippen LogP contribution in [0.15, 0.2) is 6.20 Å². The Morgan fingerprint density at radius 1 is 1.73 bits per heavy atom. The van der Waals surface area contributed by atoms with E-state index in [-0.39, 0.29) is 0 Å². The van der Waals surface area contributed by atoms with Crippen LogP contribution in [-0.2, 0) is 11.3 Å². The van der Waals surface area contributed by atoms with E-state index < -0.39 is 6.10 Å². The predicted octanol–water partition coefficient (Wildman–Crippen LogP) is 0.330. The van der Waals surface area contributed by atoms with Crippen LogP contribution in [0, 0.1) is 0 Å². The lowest BCUT2D eigenvalue weighted by molar-refractivity contribution is -0.115. The average Bonchev–Trinajstić information content (AvgIpc) is 2.55. The first kappa shape index (κ1) is 12.2. The van der Waals surface area contributed by atoms with Gasteiger partial charge in [0.2, 0.25) is 0 Å². The molecule has 1 heterocycles. The lowest BCUT2D eigenvalue weighted by Crippen LogP contribution is -2.21. The highest BCUT2D eigenvalue weighted by Gasteiger charge is 2.17. The molecule has 15 heavy (non-hydrogen) atoms. The zero-order valence-corrected chi connectivity index (χ0v) is 9.48. The van der Waals surface area contributed by atoms with Crippen molar-refractivity contribution in [2.45, 2.75) is 12.6 Å². The molecule has 1 rings (SSSR count). The predicted molar refractivity (Wildman–Crippen MR) is 56.8 cm³/mol. The van der Waals surface area contributed by atoms with Crippen molar-refractivity contribution in [2.24, 2.45) is 0 Å². The van der Waals surface area contributed by atoms with E-state index in [0.717, 1.165) is 6.54 Å². The van der Waals surface area contributed by atoms with Crippen LogP contribution in [0.25, 0.3) is 0 Å². The van der Waals surface area contributed by atoms with Gasteiger partial charge in [0.1, 0.15) is 0 Å². The number of aldehydes is 1. The van der Waals surface area contributed by atoms with Crippen molar-refractivity contribution in [1.82, 2.24) is 14.7 Å². The molecule has 1 unspecified atom stereocenters. The minimum absolute atomic E-state index is 0.313. The van der Waals surface area contributed by atoms with Crippen LogP contribution in [0.1, 0.15) is 11.8 Å². The lowest BCUT2D eigenvalue weighted by Gasteiger charge is -2.12. The number of aliphatic hydroxyl groups excluding tert-OH is 1. The molecule has 0 radical (unpaired) electrons. The van der Waals surface area contributed by atoms with Gasteiger partial charge in [-0.1, -0.05) is 11.6 Å². The summed E-state index contributed by atoms with van der Waals surface area (Å²) in [7, 11) is 3.86. The summed E-state index contributed by atoms with van der Waals surface area (Å²) in [6.07, 6.45) is 0.663. The van der Waals surface area contributed by atoms with Gasteiger partial charge in [0.25, 0.3) is 0 Å². The number of hydrogen-bond acceptors (Lipinski definition) is 4. The standard InChI is InChI=1S/C9H14ClN3O2/c1-12(2)3-4-13-9(8(15)6-14)7(10)5-11-13/h5-6,8,15H,3-4H2,1-2H3. The average molecular weight is 232 g/mol. The van der Waals surface area contributed by atoms with Crippen molar-refractivity contribution in [3.8, 4) is 0 Å². The molecule has 1 N–H and O–H groups in total. The molecule has 0 aliphatic rings. The van der Waals surface area contributed by atoms with Crippen molar-refractivity contribution >= 4 is 17.9 Å². The van der Waals surface area contributed by atoms with E-state index in [1.165, 1.54) is 6.20 Å². The molecule has 0 saturated carbocycles. The van der Waals surface area contributed by atoms with Crippen molar-refractivity contribution in [3.63, 3.8) is 0 Å². The van der Waals surface area contributed by atoms with Gasteiger partial charge in [0.15, 0.2) is 12.4 Å². The Morgan fingerprint density at radius 2 is 2.40 bits per heavy atom. The summed E-state index contributed by atoms with van der Waals surface area (Å²) in [5.41, 5.74) is 0.355. The van der Waals surface area contributed by atoms with Gasteiger partial charge in [-0.05, 0) is 14.1 Å². The second-order valence-electron chi connectivity index (χ2n) is 3.49. The smallest absolute Gasteiger partial charge is 0.154 e. The van der Waals surface area contributed by atoms with Gasteiger partial charge >= 0.3 is 0 Å². The van der Waals surface area contributed by atoms with Crippen LogP contribution in [-0.4, -0.2) is 46.7 Å². The highest BCUT2D eigenvalue weighted by molar-refractivity contribution is 6.31. The number of aromatic nitrogens is 2. The van der Waals surface area contributed by atoms with Gasteiger partial charge in [-0.25, -0.2) is 0 Å². The van der Waals surface area contributed by atoms with Crippen molar-refractivity contribution in [1.29, 1.82) is 0 Å². The SMILES string of the molecule is CN(C)CCn1ncc(Cl)c1C(O)C=O. The third kappa shape index (κ3) is 3.02. The van der Waals surface area contributed by atoms with Crippen molar-refractivity contribution in [3.05, 3.63) is 16.9 Å². The molecule has 0 fully saturated rings. The summed E-state index contributed by atoms with van der Waals surface area (Å²) >= 11 is 5.82. The molecule has 1 aromatic heterocycles. The van der Waals surface area contributed by atoms with Crippen LogP contribution < -0.4 is 0 Å². The molecule has 5 nitrogen and oxygen atoms in total. The zero-order valence-electron chi connectivity index (χ0n) is 8.72. The van der Waals surface area contributed by atoms with Gasteiger partial charge in [-0.3, -0.25) is 4.68 Å². The van der Waals surface area contributed by atoms with E-state index >= 15 is 0 Å². The molecule has 0 bridgehead atoms. The molecule has 6 heteroatoms. The fourth-order valence-electron chi connectivity index (χ4n) is 1.20. The van der Waals surface area contributed by atoms with E-state index in [4.69, 9.17) is 11.6 Å². The number of halogens is 1. The van der Waals surface area contributed by atoms with Gasteiger partial charge in [-0.15, -0.1) is 0 Å². The van der Waals surface area contributed by atoms with Crippen LogP contribution in [0.5, 0.6) is 0 Å². The Bertz CT molecular complexity index is 338. The maximum absolute atomic E-state index is 10.5. The molecule has 1 atom stereocenters. The molecular formula is C9H14ClN3O2. The first-order chi connectivity index (χ1) is 7.06. The third-order valence-corrected chi connectivity index (χ3v) is 2.29. The quantitative estimate of drug-likeness (QED) is 0.742. The summed E-state index contributed by atoms with van der Waals surface area (Å²) in [6, 6.07) is 0. The first-order valence-corrected chi connectivity index (χ1v) is 4.93. The van der Waals surface area contributed by atoms with Gasteiger partial charge < -0.3 is 14.8 Å². The Labute approximate surface area is 93.2 Å². The molecule has 0 aliphatic carbocycles. The number of hydrogen-bond donors (Lipinski definition) is 1. The van der Waals surface area contributed by atoms with Gasteiger partial charge in [0.05, 0.1) is 23.5 Å². The fourth-order valence-corrected chi connectivity index (χ4v) is 1.46. The molecule has 0 amide bonds. The summed E-state index contributed by atoms with van der Waals surface area (Å²) in [5, 5.41) is 13.7. The normalized spacial score (nSPS) is 13.1. The maximum atomic E-state index is 10.5. The Morgan fingerprint density at radius 3 is 2.93 bits per heavy atom. The largest absolute Gasteiger partial charge is 0.379 e. The summed E-state index contributed by atoms with van der Waals surface area (Å²) in [4.78, 5) is 12.5. The van der Waals surface area contributed by atoms with Gasteiger partial charge in [-0.2, -0.15) is 5.10 Å². The molecule has 0 saturated heterocycles. The topological polar surface area (TPSA) is 58.4 Å². The van der Waals surface area contributed by atoms with Crippen LogP contribution in [0.2, 0.25) is 5.02 Å². The van der Waals surface area contributed by atoms with E-state index in [2.05, 4.69) is 5.10 Å². The number of carbonyl (C=O) groups is 1. The second-order valence-corrected chi connectivity index (χ2v) is 3.89. The number of rotatable bonds is 5. The number of likely N-dealkylation sites (N-methyl/N-ethyl adjacent to an activating group) is 1. The van der Waals surface area contributed by atoms with Crippen molar-refractivity contribution < 1.29 is 9.90 Å². The molecule has 84 valence electrons. The molecule has 0 aliphatic heterocycles. The third-order valence-electron chi connectivity index (χ3n) is 2.00. The number of carbonyl (C=O) groups excluding carboxylic acids is 1. The van der Waals surface area contributed by atoms with E-state index in [9.17, 15) is 9.90 Å². The van der Waals surface area contributed by atoms with Crippen LogP contribution >= 0.6 is 11.6 Å². The minimum Gasteiger partial charge on any atom is -0.379 e.